The van der Waals surface area contributed by atoms with Gasteiger partial charge in [-0.2, -0.15) is 0 Å². The second-order valence-corrected chi connectivity index (χ2v) is 8.98. The molecule has 6 heteroatoms. The Labute approximate surface area is 200 Å². The molecule has 3 aromatic carbocycles. The second-order valence-electron chi connectivity index (χ2n) is 8.98. The van der Waals surface area contributed by atoms with Crippen LogP contribution in [0.3, 0.4) is 0 Å². The number of carbonyl (C=O) groups excluding carboxylic acids is 1. The molecule has 2 heterocycles. The molecule has 1 atom stereocenters. The molecule has 5 rings (SSSR count). The molecule has 34 heavy (non-hydrogen) atoms. The van der Waals surface area contributed by atoms with Gasteiger partial charge < -0.3 is 25.0 Å². The van der Waals surface area contributed by atoms with E-state index in [1.807, 2.05) is 30.3 Å². The molecule has 2 N–H and O–H groups in total. The summed E-state index contributed by atoms with van der Waals surface area (Å²) in [6.07, 6.45) is 2.21. The minimum absolute atomic E-state index is 0.0815. The summed E-state index contributed by atoms with van der Waals surface area (Å²) < 4.78 is 10.7. The summed E-state index contributed by atoms with van der Waals surface area (Å²) in [5.41, 5.74) is 4.14. The smallest absolute Gasteiger partial charge is 0.251 e. The lowest BCUT2D eigenvalue weighted by Crippen LogP contribution is -2.43. The lowest BCUT2D eigenvalue weighted by Gasteiger charge is -2.35. The van der Waals surface area contributed by atoms with Crippen LogP contribution in [0, 0.1) is 0 Å². The summed E-state index contributed by atoms with van der Waals surface area (Å²) in [6, 6.07) is 25.1. The number of amides is 1. The van der Waals surface area contributed by atoms with Crippen molar-refractivity contribution in [3.8, 4) is 11.5 Å². The third-order valence-corrected chi connectivity index (χ3v) is 6.66. The molecule has 176 valence electrons. The Morgan fingerprint density at radius 2 is 1.71 bits per heavy atom. The fraction of sp³-hybridized carbons (Fsp3) is 0.321. The van der Waals surface area contributed by atoms with E-state index in [2.05, 4.69) is 64.9 Å². The van der Waals surface area contributed by atoms with Gasteiger partial charge in [-0.25, -0.2) is 0 Å². The van der Waals surface area contributed by atoms with Crippen molar-refractivity contribution in [1.29, 1.82) is 0 Å². The van der Waals surface area contributed by atoms with Crippen LogP contribution >= 0.6 is 0 Å². The first-order valence-electron chi connectivity index (χ1n) is 12.0. The van der Waals surface area contributed by atoms with Gasteiger partial charge in [0.2, 0.25) is 6.79 Å². The SMILES string of the molecule is C[C@@H](NC1CCN(c2ccc(C(=O)NCc3ccc4c(c3)OCO4)cc2)CC1)c1ccccc1. The monoisotopic (exact) mass is 457 g/mol. The van der Waals surface area contributed by atoms with Crippen molar-refractivity contribution in [1.82, 2.24) is 10.6 Å². The number of piperidine rings is 1. The van der Waals surface area contributed by atoms with E-state index in [-0.39, 0.29) is 12.7 Å². The van der Waals surface area contributed by atoms with Gasteiger partial charge in [0, 0.05) is 43.0 Å². The summed E-state index contributed by atoms with van der Waals surface area (Å²) in [5, 5.41) is 6.76. The van der Waals surface area contributed by atoms with Crippen molar-refractivity contribution in [2.75, 3.05) is 24.8 Å². The molecule has 0 aromatic heterocycles. The Bertz CT molecular complexity index is 1110. The maximum atomic E-state index is 12.6. The Balaban J connectivity index is 1.10. The number of hydrogen-bond donors (Lipinski definition) is 2. The van der Waals surface area contributed by atoms with E-state index < -0.39 is 0 Å². The molecule has 2 aliphatic rings. The highest BCUT2D eigenvalue weighted by molar-refractivity contribution is 5.94. The standard InChI is InChI=1S/C28H31N3O3/c1-20(22-5-3-2-4-6-22)30-24-13-15-31(16-14-24)25-10-8-23(9-11-25)28(32)29-18-21-7-12-26-27(17-21)34-19-33-26/h2-12,17,20,24,30H,13-16,18-19H2,1H3,(H,29,32)/t20-/m1/s1. The first-order valence-corrected chi connectivity index (χ1v) is 12.0. The van der Waals surface area contributed by atoms with E-state index in [1.165, 1.54) is 11.3 Å². The first-order chi connectivity index (χ1) is 16.7. The van der Waals surface area contributed by atoms with Crippen LogP contribution in [-0.4, -0.2) is 31.8 Å². The maximum absolute atomic E-state index is 12.6. The quantitative estimate of drug-likeness (QED) is 0.540. The van der Waals surface area contributed by atoms with Crippen molar-refractivity contribution in [3.63, 3.8) is 0 Å². The molecule has 0 bridgehead atoms. The van der Waals surface area contributed by atoms with E-state index in [0.29, 0.717) is 24.2 Å². The van der Waals surface area contributed by atoms with E-state index >= 15 is 0 Å². The van der Waals surface area contributed by atoms with E-state index in [4.69, 9.17) is 9.47 Å². The summed E-state index contributed by atoms with van der Waals surface area (Å²) in [7, 11) is 0. The van der Waals surface area contributed by atoms with Crippen LogP contribution in [0.15, 0.2) is 72.8 Å². The lowest BCUT2D eigenvalue weighted by molar-refractivity contribution is 0.0951. The first kappa shape index (κ1) is 22.3. The second kappa shape index (κ2) is 10.2. The van der Waals surface area contributed by atoms with Gasteiger partial charge in [-0.3, -0.25) is 4.79 Å². The minimum atomic E-state index is -0.0815. The molecule has 0 aliphatic carbocycles. The summed E-state index contributed by atoms with van der Waals surface area (Å²) in [5.74, 6) is 1.39. The summed E-state index contributed by atoms with van der Waals surface area (Å²) in [6.45, 7) is 4.94. The zero-order chi connectivity index (χ0) is 23.3. The molecule has 0 unspecified atom stereocenters. The number of nitrogens with zero attached hydrogens (tertiary/aromatic N) is 1. The molecule has 0 radical (unpaired) electrons. The Kier molecular flexibility index (Phi) is 6.67. The lowest BCUT2D eigenvalue weighted by atomic mass is 10.0. The topological polar surface area (TPSA) is 62.8 Å². The number of nitrogens with one attached hydrogen (secondary N) is 2. The predicted octanol–water partition coefficient (Wildman–Crippen LogP) is 4.66. The number of anilines is 1. The Hall–Kier alpha value is -3.51. The maximum Gasteiger partial charge on any atom is 0.251 e. The van der Waals surface area contributed by atoms with Crippen LogP contribution in [-0.2, 0) is 6.54 Å². The van der Waals surface area contributed by atoms with Gasteiger partial charge in [0.15, 0.2) is 11.5 Å². The van der Waals surface area contributed by atoms with E-state index in [1.54, 1.807) is 0 Å². The number of fused-ring (bicyclic) bond motifs is 1. The van der Waals surface area contributed by atoms with Crippen LogP contribution in [0.5, 0.6) is 11.5 Å². The molecule has 1 fully saturated rings. The zero-order valence-corrected chi connectivity index (χ0v) is 19.5. The summed E-state index contributed by atoms with van der Waals surface area (Å²) >= 11 is 0. The van der Waals surface area contributed by atoms with E-state index in [9.17, 15) is 4.79 Å². The molecule has 6 nitrogen and oxygen atoms in total. The fourth-order valence-corrected chi connectivity index (χ4v) is 4.65. The minimum Gasteiger partial charge on any atom is -0.454 e. The normalized spacial score (nSPS) is 16.3. The Morgan fingerprint density at radius 3 is 2.47 bits per heavy atom. The molecule has 1 saturated heterocycles. The van der Waals surface area contributed by atoms with Gasteiger partial charge in [-0.15, -0.1) is 0 Å². The number of rotatable bonds is 7. The van der Waals surface area contributed by atoms with E-state index in [0.717, 1.165) is 43.0 Å². The largest absolute Gasteiger partial charge is 0.454 e. The third kappa shape index (κ3) is 5.18. The average molecular weight is 458 g/mol. The van der Waals surface area contributed by atoms with Crippen LogP contribution in [0.25, 0.3) is 0 Å². The van der Waals surface area contributed by atoms with Crippen molar-refractivity contribution in [2.45, 2.75) is 38.4 Å². The molecule has 0 spiro atoms. The molecule has 3 aromatic rings. The highest BCUT2D eigenvalue weighted by Gasteiger charge is 2.21. The summed E-state index contributed by atoms with van der Waals surface area (Å²) in [4.78, 5) is 15.0. The molecular formula is C28H31N3O3. The average Bonchev–Trinajstić information content (AvgIpc) is 3.36. The highest BCUT2D eigenvalue weighted by Crippen LogP contribution is 2.32. The number of ether oxygens (including phenoxy) is 2. The van der Waals surface area contributed by atoms with Crippen molar-refractivity contribution < 1.29 is 14.3 Å². The molecule has 1 amide bonds. The van der Waals surface area contributed by atoms with Crippen molar-refractivity contribution in [3.05, 3.63) is 89.5 Å². The Morgan fingerprint density at radius 1 is 0.971 bits per heavy atom. The van der Waals surface area contributed by atoms with Crippen LogP contribution in [0.4, 0.5) is 5.69 Å². The molecular weight excluding hydrogens is 426 g/mol. The van der Waals surface area contributed by atoms with Crippen LogP contribution in [0.2, 0.25) is 0 Å². The molecule has 0 saturated carbocycles. The van der Waals surface area contributed by atoms with Gasteiger partial charge in [0.05, 0.1) is 0 Å². The molecule has 2 aliphatic heterocycles. The van der Waals surface area contributed by atoms with Gasteiger partial charge in [0.1, 0.15) is 0 Å². The van der Waals surface area contributed by atoms with Gasteiger partial charge >= 0.3 is 0 Å². The van der Waals surface area contributed by atoms with Gasteiger partial charge in [-0.05, 0) is 67.3 Å². The predicted molar refractivity (Wildman–Crippen MR) is 133 cm³/mol. The number of hydrogen-bond acceptors (Lipinski definition) is 5. The highest BCUT2D eigenvalue weighted by atomic mass is 16.7. The van der Waals surface area contributed by atoms with Gasteiger partial charge in [-0.1, -0.05) is 36.4 Å². The fourth-order valence-electron chi connectivity index (χ4n) is 4.65. The number of benzene rings is 3. The van der Waals surface area contributed by atoms with Crippen molar-refractivity contribution >= 4 is 11.6 Å². The third-order valence-electron chi connectivity index (χ3n) is 6.66. The van der Waals surface area contributed by atoms with Crippen molar-refractivity contribution in [2.24, 2.45) is 0 Å². The van der Waals surface area contributed by atoms with Gasteiger partial charge in [0.25, 0.3) is 5.91 Å². The van der Waals surface area contributed by atoms with Crippen LogP contribution in [0.1, 0.15) is 47.3 Å². The number of carbonyl (C=O) groups is 1. The zero-order valence-electron chi connectivity index (χ0n) is 19.5. The van der Waals surface area contributed by atoms with Crippen LogP contribution < -0.4 is 25.0 Å².